The Labute approximate surface area is 104 Å². The van der Waals surface area contributed by atoms with Crippen LogP contribution in [0.2, 0.25) is 5.15 Å². The molecule has 1 aromatic carbocycles. The van der Waals surface area contributed by atoms with Crippen molar-refractivity contribution in [2.75, 3.05) is 0 Å². The van der Waals surface area contributed by atoms with E-state index in [4.69, 9.17) is 16.3 Å². The lowest BCUT2D eigenvalue weighted by molar-refractivity contribution is 0.0472. The Hall–Kier alpha value is -1.87. The molecule has 17 heavy (non-hydrogen) atoms. The Bertz CT molecular complexity index is 497. The van der Waals surface area contributed by atoms with Gasteiger partial charge in [0.2, 0.25) is 0 Å². The summed E-state index contributed by atoms with van der Waals surface area (Å²) in [5.41, 5.74) is 1.34. The number of aromatic nitrogens is 1. The van der Waals surface area contributed by atoms with Crippen molar-refractivity contribution in [2.45, 2.75) is 6.61 Å². The lowest BCUT2D eigenvalue weighted by Crippen LogP contribution is -2.04. The molecule has 0 aliphatic heterocycles. The number of pyridine rings is 1. The molecule has 2 aromatic rings. The van der Waals surface area contributed by atoms with Crippen LogP contribution in [-0.2, 0) is 11.3 Å². The van der Waals surface area contributed by atoms with Crippen molar-refractivity contribution in [3.63, 3.8) is 0 Å². The molecule has 0 unspecified atom stereocenters. The fourth-order valence-corrected chi connectivity index (χ4v) is 1.41. The van der Waals surface area contributed by atoms with E-state index >= 15 is 0 Å². The SMILES string of the molecule is O=C(OCc1ccc(Cl)nc1)c1ccccc1. The fourth-order valence-electron chi connectivity index (χ4n) is 1.30. The molecule has 0 fully saturated rings. The molecule has 0 radical (unpaired) electrons. The summed E-state index contributed by atoms with van der Waals surface area (Å²) in [6.45, 7) is 0.192. The van der Waals surface area contributed by atoms with Gasteiger partial charge in [0.05, 0.1) is 5.56 Å². The third-order valence-corrected chi connectivity index (χ3v) is 2.39. The maximum atomic E-state index is 11.6. The van der Waals surface area contributed by atoms with E-state index in [0.717, 1.165) is 5.56 Å². The monoisotopic (exact) mass is 247 g/mol. The van der Waals surface area contributed by atoms with E-state index in [2.05, 4.69) is 4.98 Å². The average Bonchev–Trinajstić information content (AvgIpc) is 2.39. The Balaban J connectivity index is 1.95. The van der Waals surface area contributed by atoms with Crippen molar-refractivity contribution < 1.29 is 9.53 Å². The van der Waals surface area contributed by atoms with E-state index in [1.807, 2.05) is 6.07 Å². The Morgan fingerprint density at radius 3 is 2.59 bits per heavy atom. The molecule has 4 heteroatoms. The lowest BCUT2D eigenvalue weighted by atomic mass is 10.2. The predicted molar refractivity (Wildman–Crippen MR) is 64.8 cm³/mol. The van der Waals surface area contributed by atoms with Gasteiger partial charge in [-0.05, 0) is 18.2 Å². The van der Waals surface area contributed by atoms with Crippen LogP contribution in [-0.4, -0.2) is 11.0 Å². The van der Waals surface area contributed by atoms with E-state index in [1.165, 1.54) is 0 Å². The third kappa shape index (κ3) is 3.29. The van der Waals surface area contributed by atoms with Gasteiger partial charge in [-0.3, -0.25) is 0 Å². The number of hydrogen-bond donors (Lipinski definition) is 0. The largest absolute Gasteiger partial charge is 0.457 e. The van der Waals surface area contributed by atoms with E-state index in [0.29, 0.717) is 10.7 Å². The fraction of sp³-hybridized carbons (Fsp3) is 0.0769. The molecule has 0 aliphatic carbocycles. The maximum absolute atomic E-state index is 11.6. The molecule has 0 N–H and O–H groups in total. The molecule has 3 nitrogen and oxygen atoms in total. The van der Waals surface area contributed by atoms with Crippen LogP contribution in [0.25, 0.3) is 0 Å². The topological polar surface area (TPSA) is 39.2 Å². The summed E-state index contributed by atoms with van der Waals surface area (Å²) >= 11 is 5.65. The van der Waals surface area contributed by atoms with E-state index in [9.17, 15) is 4.79 Å². The highest BCUT2D eigenvalue weighted by Crippen LogP contribution is 2.08. The molecule has 2 rings (SSSR count). The standard InChI is InChI=1S/C13H10ClNO2/c14-12-7-6-10(8-15-12)9-17-13(16)11-4-2-1-3-5-11/h1-8H,9H2. The molecule has 1 heterocycles. The first-order valence-electron chi connectivity index (χ1n) is 5.08. The first-order chi connectivity index (χ1) is 8.25. The van der Waals surface area contributed by atoms with Gasteiger partial charge in [0.25, 0.3) is 0 Å². The summed E-state index contributed by atoms with van der Waals surface area (Å²) in [6, 6.07) is 12.3. The molecule has 0 saturated heterocycles. The maximum Gasteiger partial charge on any atom is 0.338 e. The van der Waals surface area contributed by atoms with Gasteiger partial charge in [0.15, 0.2) is 0 Å². The Morgan fingerprint density at radius 1 is 1.18 bits per heavy atom. The van der Waals surface area contributed by atoms with Crippen molar-refractivity contribution in [2.24, 2.45) is 0 Å². The van der Waals surface area contributed by atoms with Gasteiger partial charge in [-0.2, -0.15) is 0 Å². The summed E-state index contributed by atoms with van der Waals surface area (Å²) in [7, 11) is 0. The Kier molecular flexibility index (Phi) is 3.73. The van der Waals surface area contributed by atoms with Crippen molar-refractivity contribution in [1.82, 2.24) is 4.98 Å². The second-order valence-electron chi connectivity index (χ2n) is 3.43. The van der Waals surface area contributed by atoms with Crippen LogP contribution in [0, 0.1) is 0 Å². The van der Waals surface area contributed by atoms with Gasteiger partial charge < -0.3 is 4.74 Å². The summed E-state index contributed by atoms with van der Waals surface area (Å²) in [4.78, 5) is 15.5. The minimum Gasteiger partial charge on any atom is -0.457 e. The number of carbonyl (C=O) groups is 1. The van der Waals surface area contributed by atoms with Crippen molar-refractivity contribution in [1.29, 1.82) is 0 Å². The summed E-state index contributed by atoms with van der Waals surface area (Å²) < 4.78 is 5.13. The van der Waals surface area contributed by atoms with E-state index in [-0.39, 0.29) is 12.6 Å². The Morgan fingerprint density at radius 2 is 1.94 bits per heavy atom. The third-order valence-electron chi connectivity index (χ3n) is 2.17. The van der Waals surface area contributed by atoms with Crippen LogP contribution < -0.4 is 0 Å². The van der Waals surface area contributed by atoms with Gasteiger partial charge in [-0.15, -0.1) is 0 Å². The second kappa shape index (κ2) is 5.46. The lowest BCUT2D eigenvalue weighted by Gasteiger charge is -2.04. The molecule has 0 atom stereocenters. The van der Waals surface area contributed by atoms with Gasteiger partial charge in [-0.1, -0.05) is 35.9 Å². The predicted octanol–water partition coefficient (Wildman–Crippen LogP) is 3.09. The minimum absolute atomic E-state index is 0.192. The number of halogens is 1. The van der Waals surface area contributed by atoms with Crippen LogP contribution in [0.5, 0.6) is 0 Å². The minimum atomic E-state index is -0.347. The van der Waals surface area contributed by atoms with Crippen LogP contribution in [0.3, 0.4) is 0 Å². The molecular weight excluding hydrogens is 238 g/mol. The van der Waals surface area contributed by atoms with E-state index in [1.54, 1.807) is 42.6 Å². The molecule has 1 aromatic heterocycles. The number of ether oxygens (including phenoxy) is 1. The summed E-state index contributed by atoms with van der Waals surface area (Å²) in [5, 5.41) is 0.420. The average molecular weight is 248 g/mol. The van der Waals surface area contributed by atoms with Crippen LogP contribution in [0.15, 0.2) is 48.7 Å². The van der Waals surface area contributed by atoms with Crippen LogP contribution in [0.4, 0.5) is 0 Å². The molecule has 0 bridgehead atoms. The van der Waals surface area contributed by atoms with Crippen molar-refractivity contribution >= 4 is 17.6 Å². The van der Waals surface area contributed by atoms with Crippen molar-refractivity contribution in [3.8, 4) is 0 Å². The van der Waals surface area contributed by atoms with Gasteiger partial charge in [0.1, 0.15) is 11.8 Å². The van der Waals surface area contributed by atoms with Gasteiger partial charge in [-0.25, -0.2) is 9.78 Å². The zero-order valence-electron chi connectivity index (χ0n) is 8.97. The van der Waals surface area contributed by atoms with Crippen LogP contribution in [0.1, 0.15) is 15.9 Å². The number of benzene rings is 1. The van der Waals surface area contributed by atoms with Crippen LogP contribution >= 0.6 is 11.6 Å². The quantitative estimate of drug-likeness (QED) is 0.618. The summed E-state index contributed by atoms with van der Waals surface area (Å²) in [5.74, 6) is -0.347. The number of hydrogen-bond acceptors (Lipinski definition) is 3. The number of nitrogens with zero attached hydrogens (tertiary/aromatic N) is 1. The zero-order valence-corrected chi connectivity index (χ0v) is 9.72. The molecule has 0 amide bonds. The smallest absolute Gasteiger partial charge is 0.338 e. The second-order valence-corrected chi connectivity index (χ2v) is 3.82. The first-order valence-corrected chi connectivity index (χ1v) is 5.46. The number of carbonyl (C=O) groups excluding carboxylic acids is 1. The highest BCUT2D eigenvalue weighted by Gasteiger charge is 2.06. The highest BCUT2D eigenvalue weighted by atomic mass is 35.5. The van der Waals surface area contributed by atoms with Gasteiger partial charge in [0, 0.05) is 11.8 Å². The molecular formula is C13H10ClNO2. The molecule has 0 spiro atoms. The van der Waals surface area contributed by atoms with E-state index < -0.39 is 0 Å². The number of esters is 1. The normalized spacial score (nSPS) is 9.94. The number of rotatable bonds is 3. The highest BCUT2D eigenvalue weighted by molar-refractivity contribution is 6.29. The first kappa shape index (κ1) is 11.6. The van der Waals surface area contributed by atoms with Gasteiger partial charge >= 0.3 is 5.97 Å². The van der Waals surface area contributed by atoms with Crippen molar-refractivity contribution in [3.05, 3.63) is 64.9 Å². The molecule has 0 aliphatic rings. The molecule has 0 saturated carbocycles. The summed E-state index contributed by atoms with van der Waals surface area (Å²) in [6.07, 6.45) is 1.58. The molecule has 86 valence electrons. The zero-order chi connectivity index (χ0) is 12.1.